The molecule has 2 amide bonds. The molecular formula is C34H31Cl2N3O2S2. The summed E-state index contributed by atoms with van der Waals surface area (Å²) in [5.41, 5.74) is 3.56. The summed E-state index contributed by atoms with van der Waals surface area (Å²) < 4.78 is 0. The molecule has 0 spiro atoms. The molecule has 0 aliphatic heterocycles. The normalized spacial score (nSPS) is 15.2. The molecule has 5 rings (SSSR count). The quantitative estimate of drug-likeness (QED) is 0.196. The van der Waals surface area contributed by atoms with Crippen LogP contribution in [0.15, 0.2) is 77.7 Å². The molecule has 5 nitrogen and oxygen atoms in total. The van der Waals surface area contributed by atoms with E-state index in [-0.39, 0.29) is 22.3 Å². The van der Waals surface area contributed by atoms with Crippen LogP contribution in [0.2, 0.25) is 10.0 Å². The molecule has 0 fully saturated rings. The number of nitriles is 1. The first-order valence-electron chi connectivity index (χ1n) is 14.0. The molecule has 2 atom stereocenters. The van der Waals surface area contributed by atoms with Gasteiger partial charge in [-0.15, -0.1) is 23.1 Å². The van der Waals surface area contributed by atoms with E-state index in [2.05, 4.69) is 37.5 Å². The highest BCUT2D eigenvalue weighted by Gasteiger charge is 2.33. The van der Waals surface area contributed by atoms with Crippen molar-refractivity contribution in [1.82, 2.24) is 0 Å². The fourth-order valence-corrected chi connectivity index (χ4v) is 8.12. The molecule has 4 aromatic rings. The standard InChI is InChI=1S/C34H31Cl2N3O2S2/c1-34(2,3)21-12-14-25-27(19-37)33(43-29(25)16-21)39-32(41)30(20-8-5-4-6-9-20)42-24-11-7-10-23(18-24)38-31(40)26-15-13-22(35)17-28(26)36/h4-11,13,15,17-18,21,30H,12,14,16H2,1-3H3,(H,38,40)(H,39,41). The van der Waals surface area contributed by atoms with Crippen molar-refractivity contribution in [2.45, 2.75) is 50.2 Å². The van der Waals surface area contributed by atoms with E-state index >= 15 is 0 Å². The highest BCUT2D eigenvalue weighted by Crippen LogP contribution is 2.45. The van der Waals surface area contributed by atoms with Crippen molar-refractivity contribution in [3.63, 3.8) is 0 Å². The second-order valence-electron chi connectivity index (χ2n) is 11.6. The van der Waals surface area contributed by atoms with E-state index in [1.807, 2.05) is 48.5 Å². The Kier molecular flexibility index (Phi) is 9.53. The molecule has 0 bridgehead atoms. The Morgan fingerprint density at radius 1 is 1.02 bits per heavy atom. The number of hydrogen-bond donors (Lipinski definition) is 2. The number of carbonyl (C=O) groups excluding carboxylic acids is 2. The van der Waals surface area contributed by atoms with Crippen LogP contribution in [0, 0.1) is 22.7 Å². The van der Waals surface area contributed by atoms with Crippen molar-refractivity contribution in [3.05, 3.63) is 110 Å². The van der Waals surface area contributed by atoms with Gasteiger partial charge in [0.1, 0.15) is 16.3 Å². The highest BCUT2D eigenvalue weighted by molar-refractivity contribution is 8.00. The Morgan fingerprint density at radius 2 is 1.79 bits per heavy atom. The maximum absolute atomic E-state index is 13.9. The number of amides is 2. The Bertz CT molecular complexity index is 1710. The number of thiophene rings is 1. The van der Waals surface area contributed by atoms with Gasteiger partial charge in [-0.1, -0.05) is 80.4 Å². The predicted molar refractivity (Wildman–Crippen MR) is 179 cm³/mol. The van der Waals surface area contributed by atoms with Crippen LogP contribution in [0.3, 0.4) is 0 Å². The van der Waals surface area contributed by atoms with Gasteiger partial charge in [-0.2, -0.15) is 5.26 Å². The molecule has 9 heteroatoms. The summed E-state index contributed by atoms with van der Waals surface area (Å²) in [6.45, 7) is 6.79. The topological polar surface area (TPSA) is 82.0 Å². The van der Waals surface area contributed by atoms with Gasteiger partial charge in [0, 0.05) is 20.5 Å². The molecule has 3 aromatic carbocycles. The minimum Gasteiger partial charge on any atom is -0.322 e. The van der Waals surface area contributed by atoms with Gasteiger partial charge in [-0.25, -0.2) is 0 Å². The SMILES string of the molecule is CC(C)(C)C1CCc2c(sc(NC(=O)C(Sc3cccc(NC(=O)c4ccc(Cl)cc4Cl)c3)c3ccccc3)c2C#N)C1. The van der Waals surface area contributed by atoms with Crippen LogP contribution in [0.5, 0.6) is 0 Å². The van der Waals surface area contributed by atoms with Crippen molar-refractivity contribution < 1.29 is 9.59 Å². The van der Waals surface area contributed by atoms with E-state index in [1.54, 1.807) is 18.2 Å². The second kappa shape index (κ2) is 13.2. The predicted octanol–water partition coefficient (Wildman–Crippen LogP) is 9.80. The van der Waals surface area contributed by atoms with Crippen molar-refractivity contribution in [3.8, 4) is 6.07 Å². The maximum atomic E-state index is 13.9. The summed E-state index contributed by atoms with van der Waals surface area (Å²) in [5.74, 6) is -0.0357. The largest absolute Gasteiger partial charge is 0.322 e. The van der Waals surface area contributed by atoms with Crippen LogP contribution in [-0.4, -0.2) is 11.8 Å². The fraction of sp³-hybridized carbons (Fsp3) is 0.265. The zero-order chi connectivity index (χ0) is 30.7. The fourth-order valence-electron chi connectivity index (χ4n) is 5.26. The van der Waals surface area contributed by atoms with Gasteiger partial charge in [-0.3, -0.25) is 9.59 Å². The van der Waals surface area contributed by atoms with Crippen molar-refractivity contribution in [2.75, 3.05) is 10.6 Å². The number of halogens is 2. The number of thioether (sulfide) groups is 1. The van der Waals surface area contributed by atoms with Crippen LogP contribution in [0.4, 0.5) is 10.7 Å². The number of nitrogens with one attached hydrogen (secondary N) is 2. The third-order valence-electron chi connectivity index (χ3n) is 7.70. The number of rotatable bonds is 7. The number of nitrogens with zero attached hydrogens (tertiary/aromatic N) is 1. The molecule has 1 aliphatic carbocycles. The molecule has 2 N–H and O–H groups in total. The van der Waals surface area contributed by atoms with Crippen LogP contribution >= 0.6 is 46.3 Å². The Labute approximate surface area is 270 Å². The lowest BCUT2D eigenvalue weighted by atomic mass is 9.72. The molecule has 2 unspecified atom stereocenters. The van der Waals surface area contributed by atoms with Crippen molar-refractivity contribution in [1.29, 1.82) is 5.26 Å². The number of benzene rings is 3. The van der Waals surface area contributed by atoms with Crippen molar-refractivity contribution >= 4 is 68.8 Å². The molecule has 0 radical (unpaired) electrons. The van der Waals surface area contributed by atoms with E-state index in [0.717, 1.165) is 35.3 Å². The molecule has 1 heterocycles. The van der Waals surface area contributed by atoms with E-state index in [0.29, 0.717) is 32.8 Å². The Hall–Kier alpha value is -3.28. The van der Waals surface area contributed by atoms with Crippen LogP contribution in [-0.2, 0) is 17.6 Å². The molecule has 0 saturated heterocycles. The van der Waals surface area contributed by atoms with E-state index in [4.69, 9.17) is 23.2 Å². The Balaban J connectivity index is 1.38. The van der Waals surface area contributed by atoms with Gasteiger partial charge in [-0.05, 0) is 78.1 Å². The lowest BCUT2D eigenvalue weighted by Gasteiger charge is -2.33. The second-order valence-corrected chi connectivity index (χ2v) is 14.8. The van der Waals surface area contributed by atoms with Gasteiger partial charge in [0.2, 0.25) is 5.91 Å². The number of fused-ring (bicyclic) bond motifs is 1. The maximum Gasteiger partial charge on any atom is 0.257 e. The van der Waals surface area contributed by atoms with Gasteiger partial charge >= 0.3 is 0 Å². The molecule has 1 aliphatic rings. The molecule has 43 heavy (non-hydrogen) atoms. The smallest absolute Gasteiger partial charge is 0.257 e. The minimum absolute atomic E-state index is 0.183. The van der Waals surface area contributed by atoms with Crippen molar-refractivity contribution in [2.24, 2.45) is 11.3 Å². The summed E-state index contributed by atoms with van der Waals surface area (Å²) >= 11 is 15.1. The highest BCUT2D eigenvalue weighted by atomic mass is 35.5. The third-order valence-corrected chi connectivity index (χ3v) is 10.7. The van der Waals surface area contributed by atoms with Crippen LogP contribution in [0.25, 0.3) is 0 Å². The minimum atomic E-state index is -0.592. The molecular weight excluding hydrogens is 617 g/mol. The summed E-state index contributed by atoms with van der Waals surface area (Å²) in [6, 6.07) is 24.0. The number of carbonyl (C=O) groups is 2. The lowest BCUT2D eigenvalue weighted by Crippen LogP contribution is -2.26. The molecule has 1 aromatic heterocycles. The molecule has 220 valence electrons. The average molecular weight is 649 g/mol. The first-order chi connectivity index (χ1) is 20.5. The summed E-state index contributed by atoms with van der Waals surface area (Å²) in [4.78, 5) is 28.8. The average Bonchev–Trinajstić information content (AvgIpc) is 3.32. The zero-order valence-electron chi connectivity index (χ0n) is 24.0. The summed E-state index contributed by atoms with van der Waals surface area (Å²) in [7, 11) is 0. The number of anilines is 2. The summed E-state index contributed by atoms with van der Waals surface area (Å²) in [6.07, 6.45) is 2.81. The monoisotopic (exact) mass is 647 g/mol. The summed E-state index contributed by atoms with van der Waals surface area (Å²) in [5, 5.41) is 16.8. The third kappa shape index (κ3) is 7.27. The first-order valence-corrected chi connectivity index (χ1v) is 16.4. The van der Waals surface area contributed by atoms with Gasteiger partial charge in [0.25, 0.3) is 5.91 Å². The van der Waals surface area contributed by atoms with Gasteiger partial charge in [0.15, 0.2) is 0 Å². The molecule has 0 saturated carbocycles. The van der Waals surface area contributed by atoms with Crippen LogP contribution < -0.4 is 10.6 Å². The first kappa shape index (κ1) is 31.2. The van der Waals surface area contributed by atoms with E-state index < -0.39 is 5.25 Å². The van der Waals surface area contributed by atoms with Crippen LogP contribution in [0.1, 0.15) is 64.4 Å². The van der Waals surface area contributed by atoms with Gasteiger partial charge < -0.3 is 10.6 Å². The number of hydrogen-bond acceptors (Lipinski definition) is 5. The zero-order valence-corrected chi connectivity index (χ0v) is 27.2. The van der Waals surface area contributed by atoms with E-state index in [1.165, 1.54) is 34.0 Å². The Morgan fingerprint density at radius 3 is 2.49 bits per heavy atom. The van der Waals surface area contributed by atoms with E-state index in [9.17, 15) is 14.9 Å². The lowest BCUT2D eigenvalue weighted by molar-refractivity contribution is -0.115. The van der Waals surface area contributed by atoms with Gasteiger partial charge in [0.05, 0.1) is 16.1 Å².